The van der Waals surface area contributed by atoms with Gasteiger partial charge in [-0.1, -0.05) is 30.2 Å². The Morgan fingerprint density at radius 1 is 1.44 bits per heavy atom. The number of nitrogens with zero attached hydrogens (tertiary/aromatic N) is 1. The van der Waals surface area contributed by atoms with E-state index in [0.29, 0.717) is 6.04 Å². The molecule has 94 valence electrons. The molecule has 4 heteroatoms. The Bertz CT molecular complexity index is 250. The van der Waals surface area contributed by atoms with Crippen molar-refractivity contribution in [2.45, 2.75) is 59.0 Å². The number of hydrogen-bond acceptors (Lipinski definition) is 2. The zero-order chi connectivity index (χ0) is 12.3. The van der Waals surface area contributed by atoms with Crippen molar-refractivity contribution in [3.63, 3.8) is 0 Å². The van der Waals surface area contributed by atoms with Crippen LogP contribution < -0.4 is 5.09 Å². The minimum absolute atomic E-state index is 0.0456. The van der Waals surface area contributed by atoms with E-state index in [2.05, 4.69) is 42.2 Å². The number of hydrogen-bond donors (Lipinski definition) is 1. The predicted octanol–water partition coefficient (Wildman–Crippen LogP) is 2.18. The van der Waals surface area contributed by atoms with E-state index in [1.807, 2.05) is 4.90 Å². The van der Waals surface area contributed by atoms with Crippen LogP contribution in [0.1, 0.15) is 47.0 Å². The van der Waals surface area contributed by atoms with Gasteiger partial charge >= 0.3 is 0 Å². The highest BCUT2D eigenvalue weighted by Crippen LogP contribution is 2.25. The molecule has 1 fully saturated rings. The second-order valence-corrected chi connectivity index (χ2v) is 6.18. The van der Waals surface area contributed by atoms with Gasteiger partial charge < -0.3 is 4.90 Å². The molecule has 0 aromatic heterocycles. The number of piperidine rings is 1. The zero-order valence-electron chi connectivity index (χ0n) is 10.9. The first kappa shape index (κ1) is 13.9. The van der Waals surface area contributed by atoms with Crippen LogP contribution in [0.2, 0.25) is 0 Å². The lowest BCUT2D eigenvalue weighted by Crippen LogP contribution is -2.54. The van der Waals surface area contributed by atoms with E-state index >= 15 is 0 Å². The van der Waals surface area contributed by atoms with E-state index < -0.39 is 0 Å². The minimum atomic E-state index is -0.113. The molecule has 1 amide bonds. The summed E-state index contributed by atoms with van der Waals surface area (Å²) in [6, 6.07) is 0.280. The number of amides is 1. The fourth-order valence-electron chi connectivity index (χ4n) is 2.28. The van der Waals surface area contributed by atoms with Crippen LogP contribution in [0.3, 0.4) is 0 Å². The first-order valence-electron chi connectivity index (χ1n) is 6.14. The van der Waals surface area contributed by atoms with E-state index in [9.17, 15) is 4.79 Å². The van der Waals surface area contributed by atoms with Gasteiger partial charge in [0.25, 0.3) is 0 Å². The third-order valence-corrected chi connectivity index (χ3v) is 3.70. The summed E-state index contributed by atoms with van der Waals surface area (Å²) in [5, 5.41) is 3.09. The van der Waals surface area contributed by atoms with Crippen molar-refractivity contribution in [1.82, 2.24) is 9.99 Å². The first-order valence-corrected chi connectivity index (χ1v) is 6.72. The fraction of sp³-hybridized carbons (Fsp3) is 0.917. The molecule has 3 nitrogen and oxygen atoms in total. The van der Waals surface area contributed by atoms with Gasteiger partial charge in [0.1, 0.15) is 0 Å². The van der Waals surface area contributed by atoms with Gasteiger partial charge in [0.15, 0.2) is 0 Å². The number of carbonyl (C=O) groups is 1. The monoisotopic (exact) mass is 244 g/mol. The van der Waals surface area contributed by atoms with Crippen LogP contribution in [0.5, 0.6) is 0 Å². The highest BCUT2D eigenvalue weighted by atomic mass is 31.0. The SMILES string of the molecule is CC1CCCCN1C(=O)C(NP)C(C)(C)C. The maximum atomic E-state index is 12.4. The van der Waals surface area contributed by atoms with Crippen molar-refractivity contribution < 1.29 is 4.79 Å². The van der Waals surface area contributed by atoms with Crippen molar-refractivity contribution >= 4 is 15.3 Å². The molecule has 1 aliphatic rings. The summed E-state index contributed by atoms with van der Waals surface area (Å²) in [6.45, 7) is 9.36. The maximum Gasteiger partial charge on any atom is 0.240 e. The predicted molar refractivity (Wildman–Crippen MR) is 71.1 cm³/mol. The lowest BCUT2D eigenvalue weighted by atomic mass is 9.86. The van der Waals surface area contributed by atoms with Crippen LogP contribution in [0.4, 0.5) is 0 Å². The summed E-state index contributed by atoms with van der Waals surface area (Å²) >= 11 is 0. The van der Waals surface area contributed by atoms with Crippen LogP contribution in [-0.4, -0.2) is 29.4 Å². The van der Waals surface area contributed by atoms with Crippen LogP contribution in [0, 0.1) is 5.41 Å². The number of carbonyl (C=O) groups excluding carboxylic acids is 1. The number of nitrogens with one attached hydrogen (secondary N) is 1. The molecule has 1 N–H and O–H groups in total. The van der Waals surface area contributed by atoms with Gasteiger partial charge in [0.05, 0.1) is 6.04 Å². The summed E-state index contributed by atoms with van der Waals surface area (Å²) in [6.07, 6.45) is 3.53. The highest BCUT2D eigenvalue weighted by molar-refractivity contribution is 7.13. The minimum Gasteiger partial charge on any atom is -0.339 e. The van der Waals surface area contributed by atoms with Crippen LogP contribution in [-0.2, 0) is 4.79 Å². The Kier molecular flexibility index (Phi) is 4.75. The molecule has 1 saturated heterocycles. The Balaban J connectivity index is 2.74. The zero-order valence-corrected chi connectivity index (χ0v) is 12.1. The molecule has 1 rings (SSSR count). The molecule has 1 aliphatic heterocycles. The summed E-state index contributed by atoms with van der Waals surface area (Å²) in [4.78, 5) is 14.5. The van der Waals surface area contributed by atoms with Gasteiger partial charge in [-0.15, -0.1) is 0 Å². The summed E-state index contributed by atoms with van der Waals surface area (Å²) < 4.78 is 0. The van der Waals surface area contributed by atoms with E-state index in [1.54, 1.807) is 0 Å². The smallest absolute Gasteiger partial charge is 0.240 e. The summed E-state index contributed by atoms with van der Waals surface area (Å²) in [5.41, 5.74) is -0.0456. The normalized spacial score (nSPS) is 24.3. The van der Waals surface area contributed by atoms with Crippen molar-refractivity contribution in [2.24, 2.45) is 5.41 Å². The second kappa shape index (κ2) is 5.46. The molecule has 3 unspecified atom stereocenters. The van der Waals surface area contributed by atoms with Gasteiger partial charge in [-0.05, 0) is 31.6 Å². The van der Waals surface area contributed by atoms with Crippen molar-refractivity contribution in [3.05, 3.63) is 0 Å². The standard InChI is InChI=1S/C12H25N2OP/c1-9-7-5-6-8-14(9)11(15)10(13-16)12(2,3)4/h9-10,13H,5-8,16H2,1-4H3. The third-order valence-electron chi connectivity index (χ3n) is 3.37. The lowest BCUT2D eigenvalue weighted by Gasteiger charge is -2.39. The molecule has 0 radical (unpaired) electrons. The number of likely N-dealkylation sites (tertiary alicyclic amines) is 1. The van der Waals surface area contributed by atoms with E-state index in [-0.39, 0.29) is 17.4 Å². The molecule has 16 heavy (non-hydrogen) atoms. The molecule has 0 aromatic rings. The highest BCUT2D eigenvalue weighted by Gasteiger charge is 2.35. The molecular formula is C12H25N2OP. The Morgan fingerprint density at radius 2 is 2.06 bits per heavy atom. The molecule has 1 heterocycles. The topological polar surface area (TPSA) is 32.3 Å². The Morgan fingerprint density at radius 3 is 2.50 bits per heavy atom. The largest absolute Gasteiger partial charge is 0.339 e. The van der Waals surface area contributed by atoms with Crippen LogP contribution in [0.25, 0.3) is 0 Å². The lowest BCUT2D eigenvalue weighted by molar-refractivity contribution is -0.138. The Hall–Kier alpha value is -0.140. The quantitative estimate of drug-likeness (QED) is 0.755. The molecule has 3 atom stereocenters. The first-order chi connectivity index (χ1) is 7.38. The van der Waals surface area contributed by atoms with Crippen molar-refractivity contribution in [3.8, 4) is 0 Å². The molecule has 0 bridgehead atoms. The van der Waals surface area contributed by atoms with E-state index in [1.165, 1.54) is 6.42 Å². The van der Waals surface area contributed by atoms with Crippen LogP contribution in [0.15, 0.2) is 0 Å². The van der Waals surface area contributed by atoms with Gasteiger partial charge in [-0.25, -0.2) is 0 Å². The Labute approximate surface area is 102 Å². The van der Waals surface area contributed by atoms with Crippen molar-refractivity contribution in [2.75, 3.05) is 6.54 Å². The number of rotatable bonds is 2. The van der Waals surface area contributed by atoms with Gasteiger partial charge in [-0.2, -0.15) is 0 Å². The average molecular weight is 244 g/mol. The average Bonchev–Trinajstić information content (AvgIpc) is 2.17. The fourth-order valence-corrected chi connectivity index (χ4v) is 2.93. The molecule has 0 saturated carbocycles. The van der Waals surface area contributed by atoms with Gasteiger partial charge in [0, 0.05) is 12.6 Å². The summed E-state index contributed by atoms with van der Waals surface area (Å²) in [5.74, 6) is 0.245. The molecular weight excluding hydrogens is 219 g/mol. The third kappa shape index (κ3) is 3.18. The van der Waals surface area contributed by atoms with E-state index in [0.717, 1.165) is 19.4 Å². The van der Waals surface area contributed by atoms with E-state index in [4.69, 9.17) is 0 Å². The molecule has 0 aliphatic carbocycles. The molecule has 0 aromatic carbocycles. The second-order valence-electron chi connectivity index (χ2n) is 5.84. The molecule has 0 spiro atoms. The van der Waals surface area contributed by atoms with Gasteiger partial charge in [0.2, 0.25) is 5.91 Å². The van der Waals surface area contributed by atoms with Crippen molar-refractivity contribution in [1.29, 1.82) is 0 Å². The summed E-state index contributed by atoms with van der Waals surface area (Å²) in [7, 11) is 2.48. The van der Waals surface area contributed by atoms with Gasteiger partial charge in [-0.3, -0.25) is 9.88 Å². The maximum absolute atomic E-state index is 12.4. The van der Waals surface area contributed by atoms with Crippen LogP contribution >= 0.6 is 9.39 Å².